The summed E-state index contributed by atoms with van der Waals surface area (Å²) in [6.07, 6.45) is 3.08. The first-order valence-corrected chi connectivity index (χ1v) is 8.88. The van der Waals surface area contributed by atoms with Gasteiger partial charge in [-0.3, -0.25) is 9.78 Å². The molecule has 0 saturated carbocycles. The van der Waals surface area contributed by atoms with Crippen molar-refractivity contribution in [2.75, 3.05) is 20.3 Å². The van der Waals surface area contributed by atoms with Gasteiger partial charge in [0.2, 0.25) is 0 Å². The van der Waals surface area contributed by atoms with Crippen molar-refractivity contribution in [2.45, 2.75) is 0 Å². The number of aromatic nitrogens is 1. The Morgan fingerprint density at radius 3 is 2.67 bits per heavy atom. The Balaban J connectivity index is 1.55. The van der Waals surface area contributed by atoms with E-state index in [1.165, 1.54) is 13.3 Å². The van der Waals surface area contributed by atoms with Gasteiger partial charge in [0.1, 0.15) is 11.3 Å². The van der Waals surface area contributed by atoms with Crippen LogP contribution in [-0.2, 0) is 9.59 Å². The third-order valence-electron chi connectivity index (χ3n) is 3.90. The maximum Gasteiger partial charge on any atom is 0.341 e. The summed E-state index contributed by atoms with van der Waals surface area (Å²) < 4.78 is 15.9. The van der Waals surface area contributed by atoms with Crippen LogP contribution in [0.15, 0.2) is 59.8 Å². The number of hydrazone groups is 1. The van der Waals surface area contributed by atoms with Gasteiger partial charge >= 0.3 is 5.97 Å². The van der Waals surface area contributed by atoms with E-state index in [9.17, 15) is 9.59 Å². The van der Waals surface area contributed by atoms with E-state index < -0.39 is 18.5 Å². The van der Waals surface area contributed by atoms with Crippen molar-refractivity contribution < 1.29 is 28.9 Å². The van der Waals surface area contributed by atoms with Crippen LogP contribution in [0.5, 0.6) is 17.2 Å². The molecule has 0 saturated heterocycles. The maximum atomic E-state index is 12.0. The fourth-order valence-electron chi connectivity index (χ4n) is 2.57. The molecule has 3 aromatic rings. The van der Waals surface area contributed by atoms with Crippen LogP contribution in [0.2, 0.25) is 0 Å². The highest BCUT2D eigenvalue weighted by molar-refractivity contribution is 5.86. The molecule has 2 N–H and O–H groups in total. The number of benzene rings is 2. The average Bonchev–Trinajstić information content (AvgIpc) is 2.76. The molecule has 154 valence electrons. The van der Waals surface area contributed by atoms with Gasteiger partial charge in [0, 0.05) is 11.6 Å². The average molecular weight is 409 g/mol. The number of carbonyl (C=O) groups excluding carboxylic acids is 1. The molecule has 0 spiro atoms. The van der Waals surface area contributed by atoms with Gasteiger partial charge in [-0.2, -0.15) is 5.10 Å². The smallest absolute Gasteiger partial charge is 0.341 e. The number of carboxylic acids is 1. The first-order valence-electron chi connectivity index (χ1n) is 8.88. The molecule has 1 aromatic heterocycles. The number of methoxy groups -OCH3 is 1. The number of ether oxygens (including phenoxy) is 3. The summed E-state index contributed by atoms with van der Waals surface area (Å²) in [4.78, 5) is 26.9. The molecule has 1 amide bonds. The number of carbonyl (C=O) groups is 2. The molecule has 0 aliphatic heterocycles. The lowest BCUT2D eigenvalue weighted by molar-refractivity contribution is -0.139. The molecule has 0 aliphatic rings. The predicted octanol–water partition coefficient (Wildman–Crippen LogP) is 2.24. The molecule has 0 unspecified atom stereocenters. The lowest BCUT2D eigenvalue weighted by atomic mass is 10.2. The largest absolute Gasteiger partial charge is 0.493 e. The number of hydrogen-bond donors (Lipinski definition) is 2. The fourth-order valence-corrected chi connectivity index (χ4v) is 2.57. The topological polar surface area (TPSA) is 119 Å². The number of fused-ring (bicyclic) bond motifs is 1. The molecule has 1 heterocycles. The van der Waals surface area contributed by atoms with Crippen LogP contribution in [-0.4, -0.2) is 48.5 Å². The molecule has 9 heteroatoms. The number of carboxylic acid groups (broad SMARTS) is 1. The van der Waals surface area contributed by atoms with E-state index >= 15 is 0 Å². The minimum atomic E-state index is -1.09. The Kier molecular flexibility index (Phi) is 6.78. The molecular formula is C21H19N3O6. The van der Waals surface area contributed by atoms with Gasteiger partial charge in [-0.1, -0.05) is 18.2 Å². The van der Waals surface area contributed by atoms with E-state index in [0.717, 1.165) is 5.39 Å². The van der Waals surface area contributed by atoms with Crippen molar-refractivity contribution in [3.8, 4) is 17.2 Å². The van der Waals surface area contributed by atoms with Gasteiger partial charge in [0.05, 0.1) is 13.3 Å². The zero-order chi connectivity index (χ0) is 21.3. The minimum Gasteiger partial charge on any atom is -0.493 e. The Morgan fingerprint density at radius 1 is 1.07 bits per heavy atom. The molecule has 3 rings (SSSR count). The number of pyridine rings is 1. The van der Waals surface area contributed by atoms with Crippen molar-refractivity contribution in [1.29, 1.82) is 0 Å². The van der Waals surface area contributed by atoms with Crippen LogP contribution in [0.3, 0.4) is 0 Å². The highest BCUT2D eigenvalue weighted by Gasteiger charge is 2.08. The molecule has 0 aliphatic carbocycles. The number of hydrogen-bond acceptors (Lipinski definition) is 7. The fraction of sp³-hybridized carbons (Fsp3) is 0.143. The highest BCUT2D eigenvalue weighted by atomic mass is 16.5. The summed E-state index contributed by atoms with van der Waals surface area (Å²) in [5.41, 5.74) is 3.67. The van der Waals surface area contributed by atoms with Crippen LogP contribution < -0.4 is 19.6 Å². The van der Waals surface area contributed by atoms with Gasteiger partial charge in [-0.25, -0.2) is 10.2 Å². The van der Waals surface area contributed by atoms with Gasteiger partial charge in [0.15, 0.2) is 24.7 Å². The minimum absolute atomic E-state index is 0.224. The molecule has 9 nitrogen and oxygen atoms in total. The maximum absolute atomic E-state index is 12.0. The zero-order valence-corrected chi connectivity index (χ0v) is 16.1. The zero-order valence-electron chi connectivity index (χ0n) is 16.1. The van der Waals surface area contributed by atoms with Crippen LogP contribution in [0.25, 0.3) is 10.9 Å². The van der Waals surface area contributed by atoms with Crippen LogP contribution in [0.4, 0.5) is 0 Å². The van der Waals surface area contributed by atoms with E-state index in [1.54, 1.807) is 30.5 Å². The number of aliphatic carboxylic acids is 1. The molecular weight excluding hydrogens is 390 g/mol. The number of amides is 1. The van der Waals surface area contributed by atoms with Crippen molar-refractivity contribution in [2.24, 2.45) is 5.10 Å². The van der Waals surface area contributed by atoms with Gasteiger partial charge in [0.25, 0.3) is 5.91 Å². The quantitative estimate of drug-likeness (QED) is 0.411. The first kappa shape index (κ1) is 20.6. The lowest BCUT2D eigenvalue weighted by Gasteiger charge is -2.09. The Hall–Kier alpha value is -4.14. The Morgan fingerprint density at radius 2 is 1.87 bits per heavy atom. The summed E-state index contributed by atoms with van der Waals surface area (Å²) in [7, 11) is 1.44. The van der Waals surface area contributed by atoms with Crippen molar-refractivity contribution in [3.63, 3.8) is 0 Å². The summed E-state index contributed by atoms with van der Waals surface area (Å²) in [5.74, 6) is -0.384. The molecule has 0 atom stereocenters. The Bertz CT molecular complexity index is 1080. The third-order valence-corrected chi connectivity index (χ3v) is 3.90. The molecule has 2 aromatic carbocycles. The van der Waals surface area contributed by atoms with Crippen LogP contribution in [0, 0.1) is 0 Å². The summed E-state index contributed by atoms with van der Waals surface area (Å²) >= 11 is 0. The second kappa shape index (κ2) is 9.87. The van der Waals surface area contributed by atoms with E-state index in [0.29, 0.717) is 22.6 Å². The summed E-state index contributed by atoms with van der Waals surface area (Å²) in [6.45, 7) is -0.704. The van der Waals surface area contributed by atoms with E-state index in [2.05, 4.69) is 15.5 Å². The summed E-state index contributed by atoms with van der Waals surface area (Å²) in [5, 5.41) is 13.5. The number of nitrogens with zero attached hydrogens (tertiary/aromatic N) is 2. The number of rotatable bonds is 9. The molecule has 30 heavy (non-hydrogen) atoms. The van der Waals surface area contributed by atoms with E-state index in [1.807, 2.05) is 24.3 Å². The normalized spacial score (nSPS) is 10.7. The van der Waals surface area contributed by atoms with Crippen molar-refractivity contribution in [1.82, 2.24) is 10.4 Å². The van der Waals surface area contributed by atoms with E-state index in [-0.39, 0.29) is 12.4 Å². The second-order valence-corrected chi connectivity index (χ2v) is 6.01. The second-order valence-electron chi connectivity index (χ2n) is 6.01. The monoisotopic (exact) mass is 409 g/mol. The van der Waals surface area contributed by atoms with Gasteiger partial charge in [-0.15, -0.1) is 0 Å². The van der Waals surface area contributed by atoms with Gasteiger partial charge in [-0.05, 0) is 35.9 Å². The molecule has 0 radical (unpaired) electrons. The molecule has 0 fully saturated rings. The van der Waals surface area contributed by atoms with Crippen LogP contribution >= 0.6 is 0 Å². The third kappa shape index (κ3) is 5.44. The van der Waals surface area contributed by atoms with Crippen LogP contribution in [0.1, 0.15) is 5.56 Å². The first-order chi connectivity index (χ1) is 14.6. The number of para-hydroxylation sites is 1. The SMILES string of the molecule is COc1cc(/C=N/NC(=O)COc2cccc3cccnc23)ccc1OCC(=O)O. The van der Waals surface area contributed by atoms with Gasteiger partial charge < -0.3 is 19.3 Å². The van der Waals surface area contributed by atoms with E-state index in [4.69, 9.17) is 19.3 Å². The standard InChI is InChI=1S/C21H19N3O6/c1-28-18-10-14(7-8-16(18)30-13-20(26)27)11-23-24-19(25)12-29-17-6-2-4-15-5-3-9-22-21(15)17/h2-11H,12-13H2,1H3,(H,24,25)(H,26,27)/b23-11+. The lowest BCUT2D eigenvalue weighted by Crippen LogP contribution is -2.24. The predicted molar refractivity (Wildman–Crippen MR) is 109 cm³/mol. The summed E-state index contributed by atoms with van der Waals surface area (Å²) in [6, 6.07) is 14.0. The highest BCUT2D eigenvalue weighted by Crippen LogP contribution is 2.27. The number of nitrogens with one attached hydrogen (secondary N) is 1. The molecule has 0 bridgehead atoms. The van der Waals surface area contributed by atoms with Crippen molar-refractivity contribution in [3.05, 3.63) is 60.3 Å². The Labute approximate surface area is 171 Å². The van der Waals surface area contributed by atoms with Crippen molar-refractivity contribution >= 4 is 29.0 Å².